The Kier molecular flexibility index (Phi) is 6.19. The van der Waals surface area contributed by atoms with Crippen molar-refractivity contribution in [3.8, 4) is 5.75 Å². The Morgan fingerprint density at radius 1 is 0.909 bits per heavy atom. The maximum absolute atomic E-state index is 13.2. The molecule has 33 heavy (non-hydrogen) atoms. The van der Waals surface area contributed by atoms with Gasteiger partial charge >= 0.3 is 0 Å². The van der Waals surface area contributed by atoms with Crippen LogP contribution in [0.3, 0.4) is 0 Å². The van der Waals surface area contributed by atoms with E-state index >= 15 is 0 Å². The molecular weight excluding hydrogens is 437 g/mol. The minimum atomic E-state index is -0.260. The average Bonchev–Trinajstić information content (AvgIpc) is 3.48. The summed E-state index contributed by atoms with van der Waals surface area (Å²) in [6, 6.07) is 20.4. The molecule has 1 saturated heterocycles. The summed E-state index contributed by atoms with van der Waals surface area (Å²) in [5.41, 5.74) is 6.52. The molecule has 0 spiro atoms. The lowest BCUT2D eigenvalue weighted by Gasteiger charge is -2.18. The molecule has 1 fully saturated rings. The molecule has 0 bridgehead atoms. The van der Waals surface area contributed by atoms with Crippen LogP contribution in [0.2, 0.25) is 5.02 Å². The molecule has 0 unspecified atom stereocenters. The zero-order valence-electron chi connectivity index (χ0n) is 18.3. The molecular formula is C28H25ClFNO2. The Labute approximate surface area is 198 Å². The first-order valence-corrected chi connectivity index (χ1v) is 11.8. The van der Waals surface area contributed by atoms with Gasteiger partial charge in [0.2, 0.25) is 5.91 Å². The third kappa shape index (κ3) is 4.67. The molecule has 0 radical (unpaired) electrons. The van der Waals surface area contributed by atoms with Gasteiger partial charge in [-0.05, 0) is 90.4 Å². The average molecular weight is 462 g/mol. The largest absolute Gasteiger partial charge is 0.488 e. The first-order valence-electron chi connectivity index (χ1n) is 11.4. The van der Waals surface area contributed by atoms with Gasteiger partial charge in [0.1, 0.15) is 18.2 Å². The van der Waals surface area contributed by atoms with Crippen LogP contribution in [0, 0.1) is 5.82 Å². The maximum atomic E-state index is 13.2. The van der Waals surface area contributed by atoms with Crippen molar-refractivity contribution in [1.29, 1.82) is 0 Å². The lowest BCUT2D eigenvalue weighted by Crippen LogP contribution is -2.23. The highest BCUT2D eigenvalue weighted by Crippen LogP contribution is 2.44. The predicted molar refractivity (Wildman–Crippen MR) is 131 cm³/mol. The Morgan fingerprint density at radius 3 is 2.52 bits per heavy atom. The first-order chi connectivity index (χ1) is 16.1. The number of anilines is 1. The number of halogens is 2. The van der Waals surface area contributed by atoms with Crippen molar-refractivity contribution in [1.82, 2.24) is 0 Å². The van der Waals surface area contributed by atoms with Gasteiger partial charge in [-0.25, -0.2) is 4.39 Å². The number of rotatable bonds is 6. The lowest BCUT2D eigenvalue weighted by atomic mass is 9.96. The van der Waals surface area contributed by atoms with Crippen molar-refractivity contribution >= 4 is 34.3 Å². The Balaban J connectivity index is 1.48. The summed E-state index contributed by atoms with van der Waals surface area (Å²) in [5, 5.41) is 0.661. The van der Waals surface area contributed by atoms with E-state index in [9.17, 15) is 9.18 Å². The van der Waals surface area contributed by atoms with Crippen LogP contribution in [0.5, 0.6) is 5.75 Å². The second-order valence-corrected chi connectivity index (χ2v) is 9.00. The molecule has 0 saturated carbocycles. The normalized spacial score (nSPS) is 16.1. The molecule has 3 nitrogen and oxygen atoms in total. The molecule has 3 aromatic rings. The van der Waals surface area contributed by atoms with E-state index in [4.69, 9.17) is 16.3 Å². The fourth-order valence-corrected chi connectivity index (χ4v) is 4.92. The van der Waals surface area contributed by atoms with Crippen LogP contribution in [0.25, 0.3) is 11.1 Å². The minimum Gasteiger partial charge on any atom is -0.488 e. The van der Waals surface area contributed by atoms with Gasteiger partial charge in [0, 0.05) is 29.2 Å². The van der Waals surface area contributed by atoms with Gasteiger partial charge in [0.15, 0.2) is 0 Å². The number of carbonyl (C=O) groups excluding carboxylic acids is 1. The first kappa shape index (κ1) is 21.7. The summed E-state index contributed by atoms with van der Waals surface area (Å²) in [6.45, 7) is 1.13. The number of benzene rings is 3. The van der Waals surface area contributed by atoms with E-state index in [1.807, 2.05) is 35.2 Å². The van der Waals surface area contributed by atoms with E-state index in [2.05, 4.69) is 12.1 Å². The second kappa shape index (κ2) is 9.40. The van der Waals surface area contributed by atoms with Crippen molar-refractivity contribution in [2.45, 2.75) is 38.7 Å². The number of nitrogens with zero attached hydrogens (tertiary/aromatic N) is 1. The maximum Gasteiger partial charge on any atom is 0.227 e. The van der Waals surface area contributed by atoms with Gasteiger partial charge in [-0.1, -0.05) is 35.9 Å². The van der Waals surface area contributed by atoms with E-state index in [0.717, 1.165) is 60.4 Å². The van der Waals surface area contributed by atoms with E-state index in [1.165, 1.54) is 23.3 Å². The van der Waals surface area contributed by atoms with Gasteiger partial charge in [-0.2, -0.15) is 0 Å². The number of carbonyl (C=O) groups is 1. The molecule has 5 rings (SSSR count). The van der Waals surface area contributed by atoms with Crippen LogP contribution in [0.4, 0.5) is 10.1 Å². The summed E-state index contributed by atoms with van der Waals surface area (Å²) >= 11 is 6.39. The highest BCUT2D eigenvalue weighted by molar-refractivity contribution is 6.30. The molecule has 1 heterocycles. The number of hydrogen-bond acceptors (Lipinski definition) is 2. The monoisotopic (exact) mass is 461 g/mol. The van der Waals surface area contributed by atoms with Gasteiger partial charge in [-0.15, -0.1) is 0 Å². The fraction of sp³-hybridized carbons (Fsp3) is 0.250. The minimum absolute atomic E-state index is 0.194. The molecule has 0 atom stereocenters. The Morgan fingerprint density at radius 2 is 1.73 bits per heavy atom. The van der Waals surface area contributed by atoms with Crippen LogP contribution in [-0.2, 0) is 11.4 Å². The van der Waals surface area contributed by atoms with E-state index in [0.29, 0.717) is 18.1 Å². The topological polar surface area (TPSA) is 29.5 Å². The molecule has 3 aromatic carbocycles. The third-order valence-corrected chi connectivity index (χ3v) is 6.61. The zero-order valence-corrected chi connectivity index (χ0v) is 19.1. The van der Waals surface area contributed by atoms with Crippen LogP contribution >= 0.6 is 11.6 Å². The van der Waals surface area contributed by atoms with Gasteiger partial charge in [-0.3, -0.25) is 4.79 Å². The fourth-order valence-electron chi connectivity index (χ4n) is 4.75. The lowest BCUT2D eigenvalue weighted by molar-refractivity contribution is -0.117. The third-order valence-electron chi connectivity index (χ3n) is 6.37. The number of hydrogen-bond donors (Lipinski definition) is 0. The van der Waals surface area contributed by atoms with Crippen molar-refractivity contribution in [2.24, 2.45) is 0 Å². The number of allylic oxidation sites excluding steroid dienone is 2. The van der Waals surface area contributed by atoms with E-state index < -0.39 is 0 Å². The molecule has 168 valence electrons. The molecule has 2 aliphatic rings. The van der Waals surface area contributed by atoms with E-state index in [1.54, 1.807) is 12.1 Å². The van der Waals surface area contributed by atoms with Crippen molar-refractivity contribution in [3.63, 3.8) is 0 Å². The molecule has 5 heteroatoms. The number of ether oxygens (including phenoxy) is 1. The quantitative estimate of drug-likeness (QED) is 0.386. The molecule has 1 aliphatic carbocycles. The highest BCUT2D eigenvalue weighted by Gasteiger charge is 2.24. The summed E-state index contributed by atoms with van der Waals surface area (Å²) < 4.78 is 19.4. The Hall–Kier alpha value is -3.11. The second-order valence-electron chi connectivity index (χ2n) is 8.57. The summed E-state index contributed by atoms with van der Waals surface area (Å²) in [6.07, 6.45) is 4.50. The standard InChI is InChI=1S/C28H25ClFNO2/c29-21-11-14-27(33-18-19-9-12-22(30)13-10-19)26(17-21)25-7-2-6-24(25)20-4-1-5-23(16-20)31-15-3-8-28(31)32/h1,4-5,9-14,16-17H,2-3,6-8,15,18H2. The highest BCUT2D eigenvalue weighted by atomic mass is 35.5. The van der Waals surface area contributed by atoms with E-state index in [-0.39, 0.29) is 11.7 Å². The molecule has 1 amide bonds. The van der Waals surface area contributed by atoms with Gasteiger partial charge in [0.05, 0.1) is 0 Å². The van der Waals surface area contributed by atoms with Crippen molar-refractivity contribution in [2.75, 3.05) is 11.4 Å². The molecule has 1 aliphatic heterocycles. The van der Waals surface area contributed by atoms with Crippen LogP contribution in [-0.4, -0.2) is 12.5 Å². The molecule has 0 aromatic heterocycles. The van der Waals surface area contributed by atoms with Crippen molar-refractivity contribution in [3.05, 3.63) is 94.3 Å². The summed E-state index contributed by atoms with van der Waals surface area (Å²) in [4.78, 5) is 14.1. The van der Waals surface area contributed by atoms with Gasteiger partial charge in [0.25, 0.3) is 0 Å². The SMILES string of the molecule is O=C1CCCN1c1cccc(C2=C(c3cc(Cl)ccc3OCc3ccc(F)cc3)CCC2)c1. The molecule has 0 N–H and O–H groups in total. The summed E-state index contributed by atoms with van der Waals surface area (Å²) in [7, 11) is 0. The number of amides is 1. The van der Waals surface area contributed by atoms with Gasteiger partial charge < -0.3 is 9.64 Å². The van der Waals surface area contributed by atoms with Crippen LogP contribution in [0.15, 0.2) is 66.7 Å². The van der Waals surface area contributed by atoms with Crippen LogP contribution in [0.1, 0.15) is 48.8 Å². The Bertz CT molecular complexity index is 1220. The smallest absolute Gasteiger partial charge is 0.227 e. The summed E-state index contributed by atoms with van der Waals surface area (Å²) in [5.74, 6) is 0.702. The van der Waals surface area contributed by atoms with Crippen molar-refractivity contribution < 1.29 is 13.9 Å². The zero-order chi connectivity index (χ0) is 22.8. The predicted octanol–water partition coefficient (Wildman–Crippen LogP) is 7.28. The van der Waals surface area contributed by atoms with Crippen LogP contribution < -0.4 is 9.64 Å².